The van der Waals surface area contributed by atoms with Crippen molar-refractivity contribution in [2.24, 2.45) is 0 Å². The number of rotatable bonds is 6. The summed E-state index contributed by atoms with van der Waals surface area (Å²) in [5, 5.41) is 2.91. The number of ether oxygens (including phenoxy) is 1. The van der Waals surface area contributed by atoms with Gasteiger partial charge in [0.2, 0.25) is 0 Å². The van der Waals surface area contributed by atoms with Crippen LogP contribution in [-0.4, -0.2) is 12.5 Å². The van der Waals surface area contributed by atoms with Gasteiger partial charge in [-0.15, -0.1) is 0 Å². The van der Waals surface area contributed by atoms with Crippen molar-refractivity contribution in [1.82, 2.24) is 0 Å². The number of nitrogens with one attached hydrogen (secondary N) is 1. The monoisotopic (exact) mass is 283 g/mol. The maximum atomic E-state index is 12.4. The van der Waals surface area contributed by atoms with Crippen LogP contribution in [0, 0.1) is 6.92 Å². The van der Waals surface area contributed by atoms with Crippen molar-refractivity contribution in [1.29, 1.82) is 0 Å². The summed E-state index contributed by atoms with van der Waals surface area (Å²) in [6.07, 6.45) is 2.05. The molecular formula is C18H21NO2. The van der Waals surface area contributed by atoms with E-state index in [9.17, 15) is 4.79 Å². The number of carbonyl (C=O) groups excluding carboxylic acids is 1. The van der Waals surface area contributed by atoms with Gasteiger partial charge in [0, 0.05) is 5.69 Å². The second kappa shape index (κ2) is 7.48. The van der Waals surface area contributed by atoms with E-state index in [4.69, 9.17) is 4.74 Å². The highest BCUT2D eigenvalue weighted by molar-refractivity contribution is 6.06. The van der Waals surface area contributed by atoms with Crippen molar-refractivity contribution >= 4 is 11.6 Å². The number of hydrogen-bond acceptors (Lipinski definition) is 2. The lowest BCUT2D eigenvalue weighted by atomic mass is 10.1. The van der Waals surface area contributed by atoms with Gasteiger partial charge in [0.25, 0.3) is 5.91 Å². The molecule has 0 aliphatic heterocycles. The molecule has 0 unspecified atom stereocenters. The summed E-state index contributed by atoms with van der Waals surface area (Å²) in [6, 6.07) is 15.1. The molecular weight excluding hydrogens is 262 g/mol. The molecule has 1 amide bonds. The summed E-state index contributed by atoms with van der Waals surface area (Å²) in [5.41, 5.74) is 2.47. The van der Waals surface area contributed by atoms with Crippen molar-refractivity contribution in [3.8, 4) is 5.75 Å². The van der Waals surface area contributed by atoms with E-state index in [-0.39, 0.29) is 5.91 Å². The third-order valence-corrected chi connectivity index (χ3v) is 3.16. The van der Waals surface area contributed by atoms with Crippen molar-refractivity contribution in [3.63, 3.8) is 0 Å². The molecule has 0 saturated carbocycles. The van der Waals surface area contributed by atoms with Crippen LogP contribution in [0.1, 0.15) is 35.7 Å². The van der Waals surface area contributed by atoms with Crippen LogP contribution in [0.15, 0.2) is 48.5 Å². The molecule has 2 rings (SSSR count). The van der Waals surface area contributed by atoms with Crippen molar-refractivity contribution in [3.05, 3.63) is 59.7 Å². The zero-order chi connectivity index (χ0) is 15.1. The molecule has 2 aromatic carbocycles. The smallest absolute Gasteiger partial charge is 0.259 e. The molecule has 21 heavy (non-hydrogen) atoms. The highest BCUT2D eigenvalue weighted by atomic mass is 16.5. The van der Waals surface area contributed by atoms with Gasteiger partial charge in [-0.05, 0) is 43.2 Å². The first-order chi connectivity index (χ1) is 10.2. The molecule has 3 heteroatoms. The number of para-hydroxylation sites is 1. The van der Waals surface area contributed by atoms with Crippen LogP contribution >= 0.6 is 0 Å². The predicted octanol–water partition coefficient (Wildman–Crippen LogP) is 4.43. The molecule has 0 aliphatic carbocycles. The van der Waals surface area contributed by atoms with Gasteiger partial charge in [0.15, 0.2) is 0 Å². The molecule has 0 aliphatic rings. The van der Waals surface area contributed by atoms with E-state index in [1.807, 2.05) is 49.4 Å². The summed E-state index contributed by atoms with van der Waals surface area (Å²) in [7, 11) is 0. The Hall–Kier alpha value is -2.29. The van der Waals surface area contributed by atoms with E-state index in [0.29, 0.717) is 17.9 Å². The number of aryl methyl sites for hydroxylation is 1. The van der Waals surface area contributed by atoms with E-state index >= 15 is 0 Å². The average molecular weight is 283 g/mol. The number of amides is 1. The summed E-state index contributed by atoms with van der Waals surface area (Å²) in [5.74, 6) is 0.490. The Kier molecular flexibility index (Phi) is 5.38. The van der Waals surface area contributed by atoms with Gasteiger partial charge in [-0.2, -0.15) is 0 Å². The molecule has 0 aromatic heterocycles. The van der Waals surface area contributed by atoms with E-state index in [1.165, 1.54) is 0 Å². The Bertz CT molecular complexity index is 608. The molecule has 0 saturated heterocycles. The maximum absolute atomic E-state index is 12.4. The molecule has 0 atom stereocenters. The molecule has 0 bridgehead atoms. The van der Waals surface area contributed by atoms with E-state index < -0.39 is 0 Å². The summed E-state index contributed by atoms with van der Waals surface area (Å²) < 4.78 is 5.70. The standard InChI is InChI=1S/C18H21NO2/c1-3-4-12-21-17-11-6-5-10-16(17)18(20)19-15-9-7-8-14(2)13-15/h5-11,13H,3-4,12H2,1-2H3,(H,19,20). The minimum atomic E-state index is -0.146. The number of anilines is 1. The lowest BCUT2D eigenvalue weighted by Crippen LogP contribution is -2.14. The normalized spacial score (nSPS) is 10.2. The third kappa shape index (κ3) is 4.35. The zero-order valence-electron chi connectivity index (χ0n) is 12.6. The molecule has 0 spiro atoms. The minimum absolute atomic E-state index is 0.146. The quantitative estimate of drug-likeness (QED) is 0.797. The first-order valence-corrected chi connectivity index (χ1v) is 7.30. The fourth-order valence-corrected chi connectivity index (χ4v) is 2.03. The van der Waals surface area contributed by atoms with Gasteiger partial charge in [0.1, 0.15) is 5.75 Å². The van der Waals surface area contributed by atoms with Gasteiger partial charge in [-0.3, -0.25) is 4.79 Å². The Morgan fingerprint density at radius 1 is 1.14 bits per heavy atom. The molecule has 0 radical (unpaired) electrons. The summed E-state index contributed by atoms with van der Waals surface area (Å²) >= 11 is 0. The van der Waals surface area contributed by atoms with Gasteiger partial charge in [-0.1, -0.05) is 37.6 Å². The second-order valence-corrected chi connectivity index (χ2v) is 5.02. The Labute approximate surface area is 126 Å². The van der Waals surface area contributed by atoms with Crippen LogP contribution in [0.4, 0.5) is 5.69 Å². The second-order valence-electron chi connectivity index (χ2n) is 5.02. The van der Waals surface area contributed by atoms with Gasteiger partial charge < -0.3 is 10.1 Å². The minimum Gasteiger partial charge on any atom is -0.493 e. The van der Waals surface area contributed by atoms with Gasteiger partial charge >= 0.3 is 0 Å². The summed E-state index contributed by atoms with van der Waals surface area (Å²) in [4.78, 5) is 12.4. The molecule has 0 fully saturated rings. The Morgan fingerprint density at radius 2 is 1.95 bits per heavy atom. The van der Waals surface area contributed by atoms with Gasteiger partial charge in [-0.25, -0.2) is 0 Å². The third-order valence-electron chi connectivity index (χ3n) is 3.16. The molecule has 3 nitrogen and oxygen atoms in total. The number of hydrogen-bond donors (Lipinski definition) is 1. The highest BCUT2D eigenvalue weighted by Crippen LogP contribution is 2.20. The van der Waals surface area contributed by atoms with Gasteiger partial charge in [0.05, 0.1) is 12.2 Å². The van der Waals surface area contributed by atoms with Crippen molar-refractivity contribution in [2.45, 2.75) is 26.7 Å². The van der Waals surface area contributed by atoms with Crippen LogP contribution in [0.2, 0.25) is 0 Å². The Balaban J connectivity index is 2.11. The fourth-order valence-electron chi connectivity index (χ4n) is 2.03. The summed E-state index contributed by atoms with van der Waals surface area (Å²) in [6.45, 7) is 4.74. The van der Waals surface area contributed by atoms with E-state index in [0.717, 1.165) is 24.1 Å². The first-order valence-electron chi connectivity index (χ1n) is 7.30. The van der Waals surface area contributed by atoms with E-state index in [1.54, 1.807) is 6.07 Å². The lowest BCUT2D eigenvalue weighted by Gasteiger charge is -2.11. The SMILES string of the molecule is CCCCOc1ccccc1C(=O)Nc1cccc(C)c1. The molecule has 1 N–H and O–H groups in total. The number of carbonyl (C=O) groups is 1. The molecule has 2 aromatic rings. The van der Waals surface area contributed by atoms with Crippen LogP contribution in [0.5, 0.6) is 5.75 Å². The number of benzene rings is 2. The largest absolute Gasteiger partial charge is 0.493 e. The van der Waals surface area contributed by atoms with E-state index in [2.05, 4.69) is 12.2 Å². The first kappa shape index (κ1) is 15.1. The zero-order valence-corrected chi connectivity index (χ0v) is 12.6. The van der Waals surface area contributed by atoms with Crippen LogP contribution in [-0.2, 0) is 0 Å². The molecule has 110 valence electrons. The Morgan fingerprint density at radius 3 is 2.71 bits per heavy atom. The maximum Gasteiger partial charge on any atom is 0.259 e. The van der Waals surface area contributed by atoms with Crippen LogP contribution in [0.3, 0.4) is 0 Å². The topological polar surface area (TPSA) is 38.3 Å². The van der Waals surface area contributed by atoms with Crippen LogP contribution < -0.4 is 10.1 Å². The predicted molar refractivity (Wildman–Crippen MR) is 86.0 cm³/mol. The van der Waals surface area contributed by atoms with Crippen molar-refractivity contribution < 1.29 is 9.53 Å². The highest BCUT2D eigenvalue weighted by Gasteiger charge is 2.12. The fraction of sp³-hybridized carbons (Fsp3) is 0.278. The lowest BCUT2D eigenvalue weighted by molar-refractivity contribution is 0.102. The van der Waals surface area contributed by atoms with Crippen LogP contribution in [0.25, 0.3) is 0 Å². The average Bonchev–Trinajstić information content (AvgIpc) is 2.48. The molecule has 0 heterocycles. The van der Waals surface area contributed by atoms with Crippen molar-refractivity contribution in [2.75, 3.05) is 11.9 Å². The number of unbranched alkanes of at least 4 members (excludes halogenated alkanes) is 1.